The van der Waals surface area contributed by atoms with Gasteiger partial charge >= 0.3 is 0 Å². The fourth-order valence-electron chi connectivity index (χ4n) is 6.88. The van der Waals surface area contributed by atoms with Crippen LogP contribution in [0.2, 0.25) is 0 Å². The molecule has 0 fully saturated rings. The van der Waals surface area contributed by atoms with E-state index in [4.69, 9.17) is 0 Å². The van der Waals surface area contributed by atoms with Gasteiger partial charge in [0.15, 0.2) is 0 Å². The van der Waals surface area contributed by atoms with Crippen molar-refractivity contribution in [1.29, 1.82) is 10.5 Å². The predicted molar refractivity (Wildman–Crippen MR) is 202 cm³/mol. The Balaban J connectivity index is 1.49. The highest BCUT2D eigenvalue weighted by Crippen LogP contribution is 2.51. The fraction of sp³-hybridized carbons (Fsp3) is 0. The maximum absolute atomic E-state index is 9.56. The monoisotopic (exact) mass is 636 g/mol. The largest absolute Gasteiger partial charge is 0.246 e. The zero-order valence-electron chi connectivity index (χ0n) is 27.0. The van der Waals surface area contributed by atoms with E-state index in [-0.39, 0.29) is 0 Å². The van der Waals surface area contributed by atoms with Crippen molar-refractivity contribution in [2.24, 2.45) is 0 Å². The van der Waals surface area contributed by atoms with Crippen LogP contribution in [-0.2, 0) is 0 Å². The van der Waals surface area contributed by atoms with Gasteiger partial charge in [-0.1, -0.05) is 121 Å². The molecule has 6 aromatic carbocycles. The predicted octanol–water partition coefficient (Wildman–Crippen LogP) is 11.4. The summed E-state index contributed by atoms with van der Waals surface area (Å²) in [5.41, 5.74) is 13.6. The molecule has 232 valence electrons. The SMILES string of the molecule is N#Cc1cc(-c2cccc(-c3c(-c4ccccc4)c(-c4ccccc4)c(-c4cccc(-c5ccnc(C#N)c5)c4)c4ccccc34)c2)ccn1. The summed E-state index contributed by atoms with van der Waals surface area (Å²) < 4.78 is 0. The lowest BCUT2D eigenvalue weighted by Crippen LogP contribution is -1.98. The van der Waals surface area contributed by atoms with Crippen molar-refractivity contribution in [3.05, 3.63) is 182 Å². The average molecular weight is 637 g/mol. The fourth-order valence-corrected chi connectivity index (χ4v) is 6.88. The molecule has 8 aromatic rings. The highest BCUT2D eigenvalue weighted by atomic mass is 14.7. The number of aromatic nitrogens is 2. The molecule has 0 spiro atoms. The van der Waals surface area contributed by atoms with Crippen LogP contribution in [-0.4, -0.2) is 9.97 Å². The van der Waals surface area contributed by atoms with Gasteiger partial charge in [0.1, 0.15) is 23.5 Å². The number of fused-ring (bicyclic) bond motifs is 1. The van der Waals surface area contributed by atoms with Crippen molar-refractivity contribution in [1.82, 2.24) is 9.97 Å². The third-order valence-electron chi connectivity index (χ3n) is 9.06. The summed E-state index contributed by atoms with van der Waals surface area (Å²) in [6, 6.07) is 58.9. The first-order valence-electron chi connectivity index (χ1n) is 16.4. The molecule has 0 radical (unpaired) electrons. The van der Waals surface area contributed by atoms with Gasteiger partial charge in [-0.25, -0.2) is 9.97 Å². The van der Waals surface area contributed by atoms with E-state index in [0.717, 1.165) is 77.5 Å². The Hall–Kier alpha value is -7.14. The van der Waals surface area contributed by atoms with Gasteiger partial charge in [-0.05, 0) is 114 Å². The van der Waals surface area contributed by atoms with Crippen LogP contribution in [0.5, 0.6) is 0 Å². The minimum Gasteiger partial charge on any atom is -0.246 e. The van der Waals surface area contributed by atoms with Gasteiger partial charge < -0.3 is 0 Å². The molecule has 0 atom stereocenters. The summed E-state index contributed by atoms with van der Waals surface area (Å²) in [6.45, 7) is 0. The number of pyridine rings is 2. The zero-order chi connectivity index (χ0) is 33.9. The highest BCUT2D eigenvalue weighted by molar-refractivity contribution is 6.18. The second-order valence-corrected chi connectivity index (χ2v) is 12.0. The van der Waals surface area contributed by atoms with Gasteiger partial charge in [0.2, 0.25) is 0 Å². The third-order valence-corrected chi connectivity index (χ3v) is 9.06. The van der Waals surface area contributed by atoms with Crippen LogP contribution in [0, 0.1) is 22.7 Å². The number of nitriles is 2. The Morgan fingerprint density at radius 1 is 0.320 bits per heavy atom. The van der Waals surface area contributed by atoms with E-state index >= 15 is 0 Å². The highest BCUT2D eigenvalue weighted by Gasteiger charge is 2.24. The van der Waals surface area contributed by atoms with Gasteiger partial charge in [0.05, 0.1) is 0 Å². The van der Waals surface area contributed by atoms with Crippen LogP contribution < -0.4 is 0 Å². The lowest BCUT2D eigenvalue weighted by Gasteiger charge is -2.24. The van der Waals surface area contributed by atoms with E-state index in [2.05, 4.69) is 156 Å². The van der Waals surface area contributed by atoms with Gasteiger partial charge in [-0.15, -0.1) is 0 Å². The van der Waals surface area contributed by atoms with Crippen molar-refractivity contribution in [3.63, 3.8) is 0 Å². The minimum absolute atomic E-state index is 0.386. The number of nitrogens with zero attached hydrogens (tertiary/aromatic N) is 4. The van der Waals surface area contributed by atoms with E-state index < -0.39 is 0 Å². The summed E-state index contributed by atoms with van der Waals surface area (Å²) in [5, 5.41) is 21.4. The van der Waals surface area contributed by atoms with E-state index in [0.29, 0.717) is 11.4 Å². The molecule has 2 heterocycles. The summed E-state index contributed by atoms with van der Waals surface area (Å²) in [6.07, 6.45) is 3.38. The van der Waals surface area contributed by atoms with Crippen LogP contribution in [0.25, 0.3) is 77.5 Å². The number of hydrogen-bond acceptors (Lipinski definition) is 4. The maximum atomic E-state index is 9.56. The number of rotatable bonds is 6. The summed E-state index contributed by atoms with van der Waals surface area (Å²) >= 11 is 0. The Morgan fingerprint density at radius 3 is 1.10 bits per heavy atom. The first kappa shape index (κ1) is 30.2. The quantitative estimate of drug-likeness (QED) is 0.182. The van der Waals surface area contributed by atoms with Crippen molar-refractivity contribution in [3.8, 4) is 78.9 Å². The normalized spacial score (nSPS) is 10.8. The van der Waals surface area contributed by atoms with E-state index in [1.165, 1.54) is 0 Å². The summed E-state index contributed by atoms with van der Waals surface area (Å²) in [4.78, 5) is 8.40. The molecule has 0 saturated carbocycles. The summed E-state index contributed by atoms with van der Waals surface area (Å²) in [7, 11) is 0. The van der Waals surface area contributed by atoms with E-state index in [1.807, 2.05) is 24.3 Å². The molecule has 0 amide bonds. The molecule has 0 unspecified atom stereocenters. The maximum Gasteiger partial charge on any atom is 0.141 e. The molecule has 4 heteroatoms. The van der Waals surface area contributed by atoms with Crippen molar-refractivity contribution < 1.29 is 0 Å². The molecular formula is C46H28N4. The van der Waals surface area contributed by atoms with Gasteiger partial charge in [0, 0.05) is 12.4 Å². The Labute approximate surface area is 290 Å². The number of benzene rings is 6. The van der Waals surface area contributed by atoms with Crippen LogP contribution in [0.3, 0.4) is 0 Å². The molecule has 0 saturated heterocycles. The first-order valence-corrected chi connectivity index (χ1v) is 16.4. The molecule has 0 aliphatic heterocycles. The molecule has 50 heavy (non-hydrogen) atoms. The summed E-state index contributed by atoms with van der Waals surface area (Å²) in [5.74, 6) is 0. The standard InChI is InChI=1S/C46H28N4/c47-29-39-27-35(21-23-49-39)33-15-9-17-37(25-33)43-41-19-7-8-20-42(41)44(38-18-10-16-34(26-38)36-22-24-50-40(28-36)30-48)46(32-13-5-2-6-14-32)45(43)31-11-3-1-4-12-31/h1-28H. The van der Waals surface area contributed by atoms with Crippen LogP contribution in [0.4, 0.5) is 0 Å². The van der Waals surface area contributed by atoms with Gasteiger partial charge in [-0.3, -0.25) is 0 Å². The second-order valence-electron chi connectivity index (χ2n) is 12.0. The Bertz CT molecular complexity index is 2430. The van der Waals surface area contributed by atoms with E-state index in [9.17, 15) is 10.5 Å². The third kappa shape index (κ3) is 5.58. The van der Waals surface area contributed by atoms with Crippen molar-refractivity contribution >= 4 is 10.8 Å². The lowest BCUT2D eigenvalue weighted by molar-refractivity contribution is 1.26. The van der Waals surface area contributed by atoms with Gasteiger partial charge in [-0.2, -0.15) is 10.5 Å². The molecule has 2 aromatic heterocycles. The second kappa shape index (κ2) is 13.2. The van der Waals surface area contributed by atoms with Crippen LogP contribution in [0.1, 0.15) is 11.4 Å². The Kier molecular flexibility index (Phi) is 7.95. The smallest absolute Gasteiger partial charge is 0.141 e. The Morgan fingerprint density at radius 2 is 0.680 bits per heavy atom. The number of hydrogen-bond donors (Lipinski definition) is 0. The van der Waals surface area contributed by atoms with E-state index in [1.54, 1.807) is 12.4 Å². The van der Waals surface area contributed by atoms with Crippen molar-refractivity contribution in [2.75, 3.05) is 0 Å². The average Bonchev–Trinajstić information content (AvgIpc) is 3.20. The molecule has 0 aliphatic carbocycles. The molecule has 0 aliphatic rings. The molecule has 4 nitrogen and oxygen atoms in total. The van der Waals surface area contributed by atoms with Crippen LogP contribution >= 0.6 is 0 Å². The molecular weight excluding hydrogens is 609 g/mol. The molecule has 8 rings (SSSR count). The lowest BCUT2D eigenvalue weighted by atomic mass is 9.78. The zero-order valence-corrected chi connectivity index (χ0v) is 27.0. The topological polar surface area (TPSA) is 73.4 Å². The minimum atomic E-state index is 0.386. The van der Waals surface area contributed by atoms with Crippen LogP contribution in [0.15, 0.2) is 170 Å². The molecule has 0 N–H and O–H groups in total. The van der Waals surface area contributed by atoms with Gasteiger partial charge in [0.25, 0.3) is 0 Å². The molecule has 0 bridgehead atoms. The van der Waals surface area contributed by atoms with Crippen molar-refractivity contribution in [2.45, 2.75) is 0 Å². The first-order chi connectivity index (χ1) is 24.7.